The molecule has 6 fully saturated rings. The minimum absolute atomic E-state index is 0.105. The Kier molecular flexibility index (Phi) is 5.60. The van der Waals surface area contributed by atoms with Gasteiger partial charge in [0.2, 0.25) is 0 Å². The Hall–Kier alpha value is -0.770. The lowest BCUT2D eigenvalue weighted by atomic mass is 9.53. The highest BCUT2D eigenvalue weighted by molar-refractivity contribution is 5.75. The Morgan fingerprint density at radius 3 is 2.04 bits per heavy atom. The third kappa shape index (κ3) is 4.37. The van der Waals surface area contributed by atoms with Gasteiger partial charge in [-0.2, -0.15) is 0 Å². The first kappa shape index (κ1) is 19.2. The van der Waals surface area contributed by atoms with Crippen LogP contribution in [0, 0.1) is 23.7 Å². The summed E-state index contributed by atoms with van der Waals surface area (Å²) in [5, 5.41) is 6.78. The van der Waals surface area contributed by atoms with E-state index in [-0.39, 0.29) is 11.6 Å². The van der Waals surface area contributed by atoms with Crippen molar-refractivity contribution < 1.29 is 9.53 Å². The Morgan fingerprint density at radius 1 is 0.821 bits per heavy atom. The average molecular weight is 389 g/mol. The van der Waals surface area contributed by atoms with Crippen LogP contribution in [0.2, 0.25) is 0 Å². The Morgan fingerprint density at radius 2 is 1.43 bits per heavy atom. The van der Waals surface area contributed by atoms with E-state index in [0.717, 1.165) is 56.0 Å². The fraction of sp³-hybridized carbons (Fsp3) is 0.958. The summed E-state index contributed by atoms with van der Waals surface area (Å²) in [6.45, 7) is 0.968. The van der Waals surface area contributed by atoms with E-state index in [9.17, 15) is 4.79 Å². The quantitative estimate of drug-likeness (QED) is 0.683. The lowest BCUT2D eigenvalue weighted by molar-refractivity contribution is -0.0147. The maximum absolute atomic E-state index is 12.8. The van der Waals surface area contributed by atoms with Gasteiger partial charge in [-0.15, -0.1) is 0 Å². The second kappa shape index (κ2) is 8.16. The zero-order chi connectivity index (χ0) is 19.0. The standard InChI is InChI=1S/C24H40N2O2/c27-23(26-24-13-18-10-19(14-24)12-20(11-18)15-24)25-21-6-8-22(9-7-21)28-16-17-4-2-1-3-5-17/h17-22H,1-16H2,(H2,25,26,27). The molecule has 0 aromatic rings. The first-order valence-corrected chi connectivity index (χ1v) is 12.4. The van der Waals surface area contributed by atoms with Crippen LogP contribution in [0.15, 0.2) is 0 Å². The van der Waals surface area contributed by atoms with Gasteiger partial charge in [-0.1, -0.05) is 19.3 Å². The smallest absolute Gasteiger partial charge is 0.315 e. The molecule has 0 heterocycles. The van der Waals surface area contributed by atoms with Gasteiger partial charge in [0.1, 0.15) is 0 Å². The molecule has 4 heteroatoms. The lowest BCUT2D eigenvalue weighted by Gasteiger charge is -2.56. The van der Waals surface area contributed by atoms with Gasteiger partial charge in [-0.25, -0.2) is 4.79 Å². The molecule has 6 aliphatic carbocycles. The third-order valence-electron chi connectivity index (χ3n) is 8.72. The van der Waals surface area contributed by atoms with E-state index in [4.69, 9.17) is 4.74 Å². The number of carbonyl (C=O) groups is 1. The van der Waals surface area contributed by atoms with Crippen LogP contribution < -0.4 is 10.6 Å². The molecule has 6 aliphatic rings. The normalized spacial score (nSPS) is 43.1. The molecule has 4 nitrogen and oxygen atoms in total. The zero-order valence-corrected chi connectivity index (χ0v) is 17.6. The molecule has 0 aromatic heterocycles. The van der Waals surface area contributed by atoms with Crippen molar-refractivity contribution in [1.82, 2.24) is 10.6 Å². The number of hydrogen-bond acceptors (Lipinski definition) is 2. The van der Waals surface area contributed by atoms with Crippen molar-refractivity contribution in [3.63, 3.8) is 0 Å². The second-order valence-electron chi connectivity index (χ2n) is 11.1. The van der Waals surface area contributed by atoms with Crippen LogP contribution in [0.25, 0.3) is 0 Å². The van der Waals surface area contributed by atoms with E-state index < -0.39 is 0 Å². The predicted molar refractivity (Wildman–Crippen MR) is 111 cm³/mol. The summed E-state index contributed by atoms with van der Waals surface area (Å²) < 4.78 is 6.24. The minimum Gasteiger partial charge on any atom is -0.378 e. The number of urea groups is 1. The molecule has 4 bridgehead atoms. The Bertz CT molecular complexity index is 514. The molecular weight excluding hydrogens is 348 g/mol. The summed E-state index contributed by atoms with van der Waals surface area (Å²) >= 11 is 0. The highest BCUT2D eigenvalue weighted by Crippen LogP contribution is 2.55. The molecule has 6 saturated carbocycles. The first-order valence-electron chi connectivity index (χ1n) is 12.4. The molecule has 2 N–H and O–H groups in total. The summed E-state index contributed by atoms with van der Waals surface area (Å²) in [6, 6.07) is 0.442. The van der Waals surface area contributed by atoms with Crippen LogP contribution in [-0.2, 0) is 4.74 Å². The van der Waals surface area contributed by atoms with Gasteiger partial charge in [0, 0.05) is 18.2 Å². The fourth-order valence-electron chi connectivity index (χ4n) is 7.73. The van der Waals surface area contributed by atoms with Gasteiger partial charge in [-0.3, -0.25) is 0 Å². The molecule has 0 unspecified atom stereocenters. The molecule has 0 radical (unpaired) electrons. The molecule has 28 heavy (non-hydrogen) atoms. The number of nitrogens with one attached hydrogen (secondary N) is 2. The molecule has 2 amide bonds. The fourth-order valence-corrected chi connectivity index (χ4v) is 7.73. The highest BCUT2D eigenvalue weighted by Gasteiger charge is 2.51. The first-order chi connectivity index (χ1) is 13.7. The summed E-state index contributed by atoms with van der Waals surface area (Å²) in [7, 11) is 0. The summed E-state index contributed by atoms with van der Waals surface area (Å²) in [4.78, 5) is 12.8. The topological polar surface area (TPSA) is 50.4 Å². The van der Waals surface area contributed by atoms with Crippen LogP contribution in [-0.4, -0.2) is 30.3 Å². The summed E-state index contributed by atoms with van der Waals surface area (Å²) in [6.07, 6.45) is 19.7. The molecule has 0 atom stereocenters. The largest absolute Gasteiger partial charge is 0.378 e. The van der Waals surface area contributed by atoms with Gasteiger partial charge in [0.15, 0.2) is 0 Å². The van der Waals surface area contributed by atoms with Gasteiger partial charge in [0.25, 0.3) is 0 Å². The van der Waals surface area contributed by atoms with E-state index >= 15 is 0 Å². The maximum atomic E-state index is 12.8. The Balaban J connectivity index is 1.03. The lowest BCUT2D eigenvalue weighted by Crippen LogP contribution is -2.62. The average Bonchev–Trinajstić information content (AvgIpc) is 2.67. The van der Waals surface area contributed by atoms with Crippen molar-refractivity contribution in [2.75, 3.05) is 6.61 Å². The van der Waals surface area contributed by atoms with Crippen LogP contribution in [0.4, 0.5) is 4.79 Å². The van der Waals surface area contributed by atoms with E-state index in [2.05, 4.69) is 10.6 Å². The molecule has 0 aromatic carbocycles. The number of amides is 2. The molecule has 0 spiro atoms. The van der Waals surface area contributed by atoms with Crippen molar-refractivity contribution in [3.05, 3.63) is 0 Å². The second-order valence-corrected chi connectivity index (χ2v) is 11.1. The summed E-state index contributed by atoms with van der Waals surface area (Å²) in [5.74, 6) is 3.44. The molecule has 0 saturated heterocycles. The molecule has 6 rings (SSSR count). The van der Waals surface area contributed by atoms with Crippen molar-refractivity contribution in [1.29, 1.82) is 0 Å². The number of hydrogen-bond donors (Lipinski definition) is 2. The van der Waals surface area contributed by atoms with Crippen molar-refractivity contribution in [3.8, 4) is 0 Å². The zero-order valence-electron chi connectivity index (χ0n) is 17.6. The predicted octanol–water partition coefficient (Wildman–Crippen LogP) is 5.16. The van der Waals surface area contributed by atoms with Crippen LogP contribution in [0.3, 0.4) is 0 Å². The molecule has 0 aliphatic heterocycles. The van der Waals surface area contributed by atoms with E-state index in [1.165, 1.54) is 70.6 Å². The Labute approximate surface area is 170 Å². The van der Waals surface area contributed by atoms with E-state index in [1.807, 2.05) is 0 Å². The third-order valence-corrected chi connectivity index (χ3v) is 8.72. The summed E-state index contributed by atoms with van der Waals surface area (Å²) in [5.41, 5.74) is 0.124. The van der Waals surface area contributed by atoms with Crippen molar-refractivity contribution in [2.24, 2.45) is 23.7 Å². The van der Waals surface area contributed by atoms with Crippen LogP contribution in [0.5, 0.6) is 0 Å². The minimum atomic E-state index is 0.105. The SMILES string of the molecule is O=C(NC1CCC(OCC2CCCCC2)CC1)NC12CC3CC(CC(C3)C1)C2. The van der Waals surface area contributed by atoms with E-state index in [1.54, 1.807) is 0 Å². The van der Waals surface area contributed by atoms with Crippen molar-refractivity contribution in [2.45, 2.75) is 114 Å². The molecule has 158 valence electrons. The van der Waals surface area contributed by atoms with Crippen LogP contribution >= 0.6 is 0 Å². The van der Waals surface area contributed by atoms with Gasteiger partial charge in [0.05, 0.1) is 6.10 Å². The van der Waals surface area contributed by atoms with Gasteiger partial charge < -0.3 is 15.4 Å². The number of carbonyl (C=O) groups excluding carboxylic acids is 1. The monoisotopic (exact) mass is 388 g/mol. The van der Waals surface area contributed by atoms with Gasteiger partial charge in [-0.05, 0) is 101 Å². The highest BCUT2D eigenvalue weighted by atomic mass is 16.5. The van der Waals surface area contributed by atoms with Crippen molar-refractivity contribution >= 4 is 6.03 Å². The van der Waals surface area contributed by atoms with Crippen LogP contribution in [0.1, 0.15) is 96.3 Å². The van der Waals surface area contributed by atoms with E-state index in [0.29, 0.717) is 12.1 Å². The maximum Gasteiger partial charge on any atom is 0.315 e. The number of ether oxygens (including phenoxy) is 1. The number of rotatable bonds is 5. The molecular formula is C24H40N2O2. The van der Waals surface area contributed by atoms with Gasteiger partial charge >= 0.3 is 6.03 Å².